The van der Waals surface area contributed by atoms with Crippen molar-refractivity contribution in [2.75, 3.05) is 13.1 Å². The largest absolute Gasteiger partial charge is 0.389 e. The molecule has 2 nitrogen and oxygen atoms in total. The highest BCUT2D eigenvalue weighted by molar-refractivity contribution is 5.36. The molecule has 2 aliphatic rings. The molecule has 0 aromatic heterocycles. The van der Waals surface area contributed by atoms with Crippen LogP contribution in [0.2, 0.25) is 0 Å². The summed E-state index contributed by atoms with van der Waals surface area (Å²) in [5.41, 5.74) is 3.83. The minimum absolute atomic E-state index is 0.333. The number of fused-ring (bicyclic) bond motifs is 1. The summed E-state index contributed by atoms with van der Waals surface area (Å²) in [6.07, 6.45) is 5.43. The van der Waals surface area contributed by atoms with E-state index in [0.717, 1.165) is 25.9 Å². The predicted octanol–water partition coefficient (Wildman–Crippen LogP) is 2.08. The molecule has 2 N–H and O–H groups in total. The van der Waals surface area contributed by atoms with E-state index in [2.05, 4.69) is 30.4 Å². The van der Waals surface area contributed by atoms with Crippen LogP contribution in [0.4, 0.5) is 0 Å². The summed E-state index contributed by atoms with van der Waals surface area (Å²) in [5, 5.41) is 14.2. The Morgan fingerprint density at radius 2 is 2.17 bits per heavy atom. The Kier molecular flexibility index (Phi) is 3.16. The Labute approximate surface area is 109 Å². The topological polar surface area (TPSA) is 32.3 Å². The lowest BCUT2D eigenvalue weighted by atomic mass is 9.78. The molecular weight excluding hydrogens is 222 g/mol. The predicted molar refractivity (Wildman–Crippen MR) is 73.8 cm³/mol. The second-order valence-electron chi connectivity index (χ2n) is 6.09. The quantitative estimate of drug-likeness (QED) is 0.836. The minimum Gasteiger partial charge on any atom is -0.389 e. The highest BCUT2D eigenvalue weighted by atomic mass is 16.3. The summed E-state index contributed by atoms with van der Waals surface area (Å²) in [4.78, 5) is 0. The Bertz CT molecular complexity index is 443. The van der Waals surface area contributed by atoms with Crippen LogP contribution in [0.15, 0.2) is 18.2 Å². The SMILES string of the molecule is CC1CNCCC1(O)Cc1ccc2c(c1)CCC2. The molecule has 2 heteroatoms. The molecule has 1 heterocycles. The summed E-state index contributed by atoms with van der Waals surface area (Å²) in [5.74, 6) is 0.333. The number of hydrogen-bond acceptors (Lipinski definition) is 2. The maximum Gasteiger partial charge on any atom is 0.0737 e. The fraction of sp³-hybridized carbons (Fsp3) is 0.625. The molecule has 0 amide bonds. The Balaban J connectivity index is 1.79. The van der Waals surface area contributed by atoms with Gasteiger partial charge in [-0.05, 0) is 54.8 Å². The molecule has 18 heavy (non-hydrogen) atoms. The number of hydrogen-bond donors (Lipinski definition) is 2. The van der Waals surface area contributed by atoms with E-state index in [4.69, 9.17) is 0 Å². The summed E-state index contributed by atoms with van der Waals surface area (Å²) in [6, 6.07) is 6.82. The van der Waals surface area contributed by atoms with Gasteiger partial charge in [0.15, 0.2) is 0 Å². The van der Waals surface area contributed by atoms with E-state index in [1.54, 1.807) is 0 Å². The van der Waals surface area contributed by atoms with Crippen LogP contribution in [0.1, 0.15) is 36.5 Å². The first-order valence-corrected chi connectivity index (χ1v) is 7.21. The fourth-order valence-electron chi connectivity index (χ4n) is 3.41. The molecule has 1 aromatic carbocycles. The van der Waals surface area contributed by atoms with Crippen LogP contribution < -0.4 is 5.32 Å². The van der Waals surface area contributed by atoms with Gasteiger partial charge in [0.05, 0.1) is 5.60 Å². The van der Waals surface area contributed by atoms with Crippen LogP contribution in [0, 0.1) is 5.92 Å². The molecule has 3 rings (SSSR count). The van der Waals surface area contributed by atoms with Gasteiger partial charge in [-0.25, -0.2) is 0 Å². The van der Waals surface area contributed by atoms with Crippen molar-refractivity contribution in [1.29, 1.82) is 0 Å². The summed E-state index contributed by atoms with van der Waals surface area (Å²) >= 11 is 0. The van der Waals surface area contributed by atoms with Gasteiger partial charge in [-0.1, -0.05) is 25.1 Å². The van der Waals surface area contributed by atoms with Crippen molar-refractivity contribution >= 4 is 0 Å². The summed E-state index contributed by atoms with van der Waals surface area (Å²) in [7, 11) is 0. The first kappa shape index (κ1) is 12.2. The number of benzene rings is 1. The Hall–Kier alpha value is -0.860. The van der Waals surface area contributed by atoms with E-state index in [1.165, 1.54) is 36.0 Å². The molecule has 1 saturated heterocycles. The smallest absolute Gasteiger partial charge is 0.0737 e. The minimum atomic E-state index is -0.516. The second-order valence-corrected chi connectivity index (χ2v) is 6.09. The van der Waals surface area contributed by atoms with E-state index in [1.807, 2.05) is 0 Å². The van der Waals surface area contributed by atoms with Crippen molar-refractivity contribution in [3.63, 3.8) is 0 Å². The van der Waals surface area contributed by atoms with E-state index in [-0.39, 0.29) is 0 Å². The molecule has 0 radical (unpaired) electrons. The lowest BCUT2D eigenvalue weighted by molar-refractivity contribution is -0.0329. The van der Waals surface area contributed by atoms with E-state index in [0.29, 0.717) is 5.92 Å². The van der Waals surface area contributed by atoms with Gasteiger partial charge < -0.3 is 10.4 Å². The zero-order valence-electron chi connectivity index (χ0n) is 11.2. The molecule has 98 valence electrons. The second kappa shape index (κ2) is 4.67. The van der Waals surface area contributed by atoms with Crippen molar-refractivity contribution in [3.05, 3.63) is 34.9 Å². The number of piperidine rings is 1. The van der Waals surface area contributed by atoms with E-state index >= 15 is 0 Å². The van der Waals surface area contributed by atoms with Crippen LogP contribution >= 0.6 is 0 Å². The molecule has 1 aliphatic heterocycles. The van der Waals surface area contributed by atoms with Crippen LogP contribution in [-0.2, 0) is 19.3 Å². The molecule has 2 unspecified atom stereocenters. The molecular formula is C16H23NO. The third-order valence-electron chi connectivity index (χ3n) is 4.78. The van der Waals surface area contributed by atoms with Gasteiger partial charge in [-0.2, -0.15) is 0 Å². The normalized spacial score (nSPS) is 31.3. The summed E-state index contributed by atoms with van der Waals surface area (Å²) in [6.45, 7) is 4.02. The Morgan fingerprint density at radius 3 is 3.00 bits per heavy atom. The number of aryl methyl sites for hydroxylation is 2. The highest BCUT2D eigenvalue weighted by Gasteiger charge is 2.36. The van der Waals surface area contributed by atoms with Gasteiger partial charge >= 0.3 is 0 Å². The van der Waals surface area contributed by atoms with Gasteiger partial charge in [0, 0.05) is 13.0 Å². The van der Waals surface area contributed by atoms with Crippen molar-refractivity contribution < 1.29 is 5.11 Å². The molecule has 0 spiro atoms. The van der Waals surface area contributed by atoms with Gasteiger partial charge in [0.1, 0.15) is 0 Å². The lowest BCUT2D eigenvalue weighted by Crippen LogP contribution is -2.50. The number of rotatable bonds is 2. The lowest BCUT2D eigenvalue weighted by Gasteiger charge is -2.38. The fourth-order valence-corrected chi connectivity index (χ4v) is 3.41. The van der Waals surface area contributed by atoms with Gasteiger partial charge in [-0.15, -0.1) is 0 Å². The highest BCUT2D eigenvalue weighted by Crippen LogP contribution is 2.30. The molecule has 1 aliphatic carbocycles. The third-order valence-corrected chi connectivity index (χ3v) is 4.78. The van der Waals surface area contributed by atoms with Crippen molar-refractivity contribution in [2.45, 2.75) is 44.6 Å². The number of aliphatic hydroxyl groups is 1. The number of nitrogens with one attached hydrogen (secondary N) is 1. The van der Waals surface area contributed by atoms with Crippen LogP contribution in [0.25, 0.3) is 0 Å². The van der Waals surface area contributed by atoms with Crippen LogP contribution in [0.5, 0.6) is 0 Å². The van der Waals surface area contributed by atoms with E-state index in [9.17, 15) is 5.11 Å². The third kappa shape index (κ3) is 2.19. The van der Waals surface area contributed by atoms with Gasteiger partial charge in [-0.3, -0.25) is 0 Å². The maximum absolute atomic E-state index is 10.8. The Morgan fingerprint density at radius 1 is 1.33 bits per heavy atom. The van der Waals surface area contributed by atoms with Gasteiger partial charge in [0.25, 0.3) is 0 Å². The maximum atomic E-state index is 10.8. The molecule has 1 aromatic rings. The standard InChI is InChI=1S/C16H23NO/c1-12-11-17-8-7-16(12,18)10-13-5-6-14-3-2-4-15(14)9-13/h5-6,9,12,17-18H,2-4,7-8,10-11H2,1H3. The average molecular weight is 245 g/mol. The van der Waals surface area contributed by atoms with E-state index < -0.39 is 5.60 Å². The molecule has 0 saturated carbocycles. The van der Waals surface area contributed by atoms with Crippen LogP contribution in [0.3, 0.4) is 0 Å². The van der Waals surface area contributed by atoms with Crippen molar-refractivity contribution in [1.82, 2.24) is 5.32 Å². The van der Waals surface area contributed by atoms with Crippen LogP contribution in [-0.4, -0.2) is 23.8 Å². The monoisotopic (exact) mass is 245 g/mol. The first-order valence-electron chi connectivity index (χ1n) is 7.21. The zero-order chi connectivity index (χ0) is 12.6. The van der Waals surface area contributed by atoms with Crippen molar-refractivity contribution in [2.24, 2.45) is 5.92 Å². The average Bonchev–Trinajstić information content (AvgIpc) is 2.80. The first-order chi connectivity index (χ1) is 8.67. The van der Waals surface area contributed by atoms with Crippen molar-refractivity contribution in [3.8, 4) is 0 Å². The van der Waals surface area contributed by atoms with Gasteiger partial charge in [0.2, 0.25) is 0 Å². The molecule has 0 bridgehead atoms. The molecule has 2 atom stereocenters. The summed E-state index contributed by atoms with van der Waals surface area (Å²) < 4.78 is 0. The zero-order valence-corrected chi connectivity index (χ0v) is 11.2. The molecule has 1 fully saturated rings.